The Morgan fingerprint density at radius 1 is 1.13 bits per heavy atom. The first-order chi connectivity index (χ1) is 19.0. The predicted octanol–water partition coefficient (Wildman–Crippen LogP) is 2.13. The number of para-hydroxylation sites is 2. The minimum absolute atomic E-state index is 0.0335. The summed E-state index contributed by atoms with van der Waals surface area (Å²) >= 11 is 0. The molecule has 2 aromatic heterocycles. The monoisotopic (exact) mass is 540 g/mol. The summed E-state index contributed by atoms with van der Waals surface area (Å²) in [7, 11) is 0. The van der Waals surface area contributed by atoms with Gasteiger partial charge < -0.3 is 25.2 Å². The molecular formula is C26H30F2N8O3. The van der Waals surface area contributed by atoms with Crippen molar-refractivity contribution in [3.8, 4) is 5.82 Å². The number of ether oxygens (including phenoxy) is 1. The Bertz CT molecular complexity index is 1380. The lowest BCUT2D eigenvalue weighted by atomic mass is 10.1. The molecule has 3 fully saturated rings. The van der Waals surface area contributed by atoms with Crippen molar-refractivity contribution in [2.45, 2.75) is 31.7 Å². The third-order valence-corrected chi connectivity index (χ3v) is 7.47. The number of morpholine rings is 1. The van der Waals surface area contributed by atoms with Gasteiger partial charge in [0.15, 0.2) is 5.82 Å². The summed E-state index contributed by atoms with van der Waals surface area (Å²) in [5, 5.41) is 6.11. The Morgan fingerprint density at radius 3 is 2.72 bits per heavy atom. The fourth-order valence-electron chi connectivity index (χ4n) is 5.43. The summed E-state index contributed by atoms with van der Waals surface area (Å²) in [6.45, 7) is 3.99. The average molecular weight is 541 g/mol. The number of nitrogens with zero attached hydrogens (tertiary/aromatic N) is 6. The van der Waals surface area contributed by atoms with Gasteiger partial charge in [-0.25, -0.2) is 13.8 Å². The Balaban J connectivity index is 1.25. The number of benzene rings is 1. The number of hydrogen-bond acceptors (Lipinski definition) is 8. The molecule has 3 aromatic rings. The lowest BCUT2D eigenvalue weighted by Gasteiger charge is -2.27. The van der Waals surface area contributed by atoms with Gasteiger partial charge in [0, 0.05) is 45.2 Å². The summed E-state index contributed by atoms with van der Waals surface area (Å²) < 4.78 is 35.0. The lowest BCUT2D eigenvalue weighted by molar-refractivity contribution is -0.133. The van der Waals surface area contributed by atoms with Gasteiger partial charge in [0.1, 0.15) is 17.7 Å². The van der Waals surface area contributed by atoms with Gasteiger partial charge in [0.05, 0.1) is 24.2 Å². The molecule has 0 bridgehead atoms. The van der Waals surface area contributed by atoms with Crippen molar-refractivity contribution < 1.29 is 23.1 Å². The molecule has 2 N–H and O–H groups in total. The van der Waals surface area contributed by atoms with Crippen LogP contribution < -0.4 is 15.5 Å². The average Bonchev–Trinajstić information content (AvgIpc) is 3.70. The topological polar surface area (TPSA) is 118 Å². The van der Waals surface area contributed by atoms with Crippen LogP contribution in [0.25, 0.3) is 16.9 Å². The maximum Gasteiger partial charge on any atom is 0.296 e. The van der Waals surface area contributed by atoms with Gasteiger partial charge >= 0.3 is 0 Å². The summed E-state index contributed by atoms with van der Waals surface area (Å²) in [6, 6.07) is 8.22. The van der Waals surface area contributed by atoms with Crippen LogP contribution >= 0.6 is 0 Å². The zero-order chi connectivity index (χ0) is 26.9. The van der Waals surface area contributed by atoms with Crippen molar-refractivity contribution in [2.75, 3.05) is 56.2 Å². The molecule has 0 radical (unpaired) electrons. The smallest absolute Gasteiger partial charge is 0.296 e. The minimum Gasteiger partial charge on any atom is -0.378 e. The fourth-order valence-corrected chi connectivity index (χ4v) is 5.43. The van der Waals surface area contributed by atoms with E-state index in [-0.39, 0.29) is 23.6 Å². The SMILES string of the molecule is O=C1CC[C@@H](C(=O)N2CC[C@H](CNc3cc(-n4c(C(F)F)nc5ccccc54)nc(N4CCOCC4)n3)C2)N1. The predicted molar refractivity (Wildman–Crippen MR) is 139 cm³/mol. The molecule has 3 aliphatic heterocycles. The second kappa shape index (κ2) is 10.7. The van der Waals surface area contributed by atoms with Crippen LogP contribution in [0.4, 0.5) is 20.5 Å². The Morgan fingerprint density at radius 2 is 1.95 bits per heavy atom. The molecule has 0 unspecified atom stereocenters. The van der Waals surface area contributed by atoms with Crippen LogP contribution in [0.1, 0.15) is 31.5 Å². The van der Waals surface area contributed by atoms with Gasteiger partial charge in [-0.2, -0.15) is 9.97 Å². The molecule has 13 heteroatoms. The van der Waals surface area contributed by atoms with Crippen molar-refractivity contribution in [3.05, 3.63) is 36.2 Å². The largest absolute Gasteiger partial charge is 0.378 e. The number of likely N-dealkylation sites (tertiary alicyclic amines) is 1. The van der Waals surface area contributed by atoms with E-state index in [1.807, 2.05) is 4.90 Å². The van der Waals surface area contributed by atoms with E-state index in [2.05, 4.69) is 20.6 Å². The molecule has 11 nitrogen and oxygen atoms in total. The number of halogens is 2. The zero-order valence-corrected chi connectivity index (χ0v) is 21.4. The Kier molecular flexibility index (Phi) is 6.98. The van der Waals surface area contributed by atoms with E-state index in [0.717, 1.165) is 6.42 Å². The van der Waals surface area contributed by atoms with E-state index >= 15 is 0 Å². The van der Waals surface area contributed by atoms with Crippen LogP contribution in [-0.4, -0.2) is 88.2 Å². The van der Waals surface area contributed by atoms with E-state index in [9.17, 15) is 18.4 Å². The van der Waals surface area contributed by atoms with Crippen LogP contribution in [-0.2, 0) is 14.3 Å². The third-order valence-electron chi connectivity index (χ3n) is 7.47. The normalized spacial score (nSPS) is 21.7. The minimum atomic E-state index is -2.79. The maximum atomic E-state index is 14.1. The van der Waals surface area contributed by atoms with Crippen molar-refractivity contribution in [3.63, 3.8) is 0 Å². The Labute approximate surface area is 223 Å². The lowest BCUT2D eigenvalue weighted by Crippen LogP contribution is -2.43. The molecule has 206 valence electrons. The number of anilines is 2. The van der Waals surface area contributed by atoms with Crippen molar-refractivity contribution in [1.29, 1.82) is 0 Å². The Hall–Kier alpha value is -3.87. The van der Waals surface area contributed by atoms with Crippen molar-refractivity contribution >= 4 is 34.6 Å². The number of amides is 2. The van der Waals surface area contributed by atoms with E-state index in [0.29, 0.717) is 87.4 Å². The number of carbonyl (C=O) groups excluding carboxylic acids is 2. The molecule has 6 rings (SSSR count). The molecule has 0 aliphatic carbocycles. The third kappa shape index (κ3) is 5.22. The number of fused-ring (bicyclic) bond motifs is 1. The molecular weight excluding hydrogens is 510 g/mol. The summed E-state index contributed by atoms with van der Waals surface area (Å²) in [5.41, 5.74) is 0.998. The number of carbonyl (C=O) groups is 2. The van der Waals surface area contributed by atoms with Gasteiger partial charge in [-0.15, -0.1) is 0 Å². The quantitative estimate of drug-likeness (QED) is 0.468. The number of alkyl halides is 2. The first-order valence-corrected chi connectivity index (χ1v) is 13.3. The van der Waals surface area contributed by atoms with E-state index in [1.54, 1.807) is 35.2 Å². The first-order valence-electron chi connectivity index (χ1n) is 13.3. The number of hydrogen-bond donors (Lipinski definition) is 2. The molecule has 3 aliphatic rings. The van der Waals surface area contributed by atoms with Crippen LogP contribution in [0.3, 0.4) is 0 Å². The van der Waals surface area contributed by atoms with Gasteiger partial charge in [0.25, 0.3) is 6.43 Å². The molecule has 39 heavy (non-hydrogen) atoms. The summed E-state index contributed by atoms with van der Waals surface area (Å²) in [6.07, 6.45) is -1.05. The van der Waals surface area contributed by atoms with Crippen LogP contribution in [0.15, 0.2) is 30.3 Å². The highest BCUT2D eigenvalue weighted by molar-refractivity contribution is 5.91. The van der Waals surface area contributed by atoms with E-state index in [4.69, 9.17) is 9.72 Å². The first kappa shape index (κ1) is 25.4. The van der Waals surface area contributed by atoms with E-state index in [1.165, 1.54) is 4.57 Å². The molecule has 0 saturated carbocycles. The van der Waals surface area contributed by atoms with Gasteiger partial charge in [-0.1, -0.05) is 12.1 Å². The molecule has 1 aromatic carbocycles. The molecule has 5 heterocycles. The molecule has 3 saturated heterocycles. The van der Waals surface area contributed by atoms with Crippen LogP contribution in [0.5, 0.6) is 0 Å². The zero-order valence-electron chi connectivity index (χ0n) is 21.4. The molecule has 0 spiro atoms. The summed E-state index contributed by atoms with van der Waals surface area (Å²) in [5.74, 6) is 0.928. The highest BCUT2D eigenvalue weighted by atomic mass is 19.3. The van der Waals surface area contributed by atoms with Gasteiger partial charge in [-0.05, 0) is 30.9 Å². The van der Waals surface area contributed by atoms with Crippen LogP contribution in [0.2, 0.25) is 0 Å². The van der Waals surface area contributed by atoms with Gasteiger partial charge in [0.2, 0.25) is 17.8 Å². The van der Waals surface area contributed by atoms with Gasteiger partial charge in [-0.3, -0.25) is 14.2 Å². The highest BCUT2D eigenvalue weighted by Crippen LogP contribution is 2.29. The van der Waals surface area contributed by atoms with E-state index < -0.39 is 12.5 Å². The standard InChI is InChI=1S/C26H30F2N8O3/c27-23(28)24-31-17-3-1-2-4-19(17)36(24)21-13-20(32-26(33-21)34-9-11-39-12-10-34)29-14-16-7-8-35(15-16)25(38)18-5-6-22(37)30-18/h1-4,13,16,18,23H,5-12,14-15H2,(H,30,37)(H,29,32,33)/t16-,18+/m1/s1. The van der Waals surface area contributed by atoms with Crippen molar-refractivity contribution in [2.24, 2.45) is 5.92 Å². The number of rotatable bonds is 7. The molecule has 2 atom stereocenters. The second-order valence-corrected chi connectivity index (χ2v) is 10.1. The summed E-state index contributed by atoms with van der Waals surface area (Å²) in [4.78, 5) is 41.6. The fraction of sp³-hybridized carbons (Fsp3) is 0.500. The number of imidazole rings is 1. The number of aromatic nitrogens is 4. The maximum absolute atomic E-state index is 14.1. The number of nitrogens with one attached hydrogen (secondary N) is 2. The second-order valence-electron chi connectivity index (χ2n) is 10.1. The van der Waals surface area contributed by atoms with Crippen LogP contribution in [0, 0.1) is 5.92 Å². The highest BCUT2D eigenvalue weighted by Gasteiger charge is 2.34. The van der Waals surface area contributed by atoms with Crippen molar-refractivity contribution in [1.82, 2.24) is 29.7 Å². The molecule has 2 amide bonds.